The van der Waals surface area contributed by atoms with Crippen LogP contribution < -0.4 is 5.32 Å². The second-order valence-electron chi connectivity index (χ2n) is 4.96. The third-order valence-electron chi connectivity index (χ3n) is 3.63. The lowest BCUT2D eigenvalue weighted by molar-refractivity contribution is -0.145. The Kier molecular flexibility index (Phi) is 2.66. The number of carbonyl (C=O) groups excluding carboxylic acids is 1. The Bertz CT molecular complexity index is 318. The van der Waals surface area contributed by atoms with Crippen molar-refractivity contribution >= 4 is 11.9 Å². The molecule has 3 N–H and O–H groups in total. The number of carboxylic acids is 1. The fourth-order valence-electron chi connectivity index (χ4n) is 2.26. The van der Waals surface area contributed by atoms with Gasteiger partial charge in [0.25, 0.3) is 0 Å². The summed E-state index contributed by atoms with van der Waals surface area (Å²) < 4.78 is 0. The van der Waals surface area contributed by atoms with Crippen molar-refractivity contribution in [2.75, 3.05) is 0 Å². The lowest BCUT2D eigenvalue weighted by atomic mass is 9.98. The minimum absolute atomic E-state index is 0.191. The highest BCUT2D eigenvalue weighted by Gasteiger charge is 2.59. The molecule has 1 amide bonds. The van der Waals surface area contributed by atoms with Crippen molar-refractivity contribution in [1.29, 1.82) is 0 Å². The normalized spacial score (nSPS) is 25.6. The first kappa shape index (κ1) is 11.4. The molecule has 0 spiro atoms. The van der Waals surface area contributed by atoms with Crippen LogP contribution >= 0.6 is 0 Å². The predicted octanol–water partition coefficient (Wildman–Crippen LogP) is 0.127. The number of carboxylic acid groups (broad SMARTS) is 1. The highest BCUT2D eigenvalue weighted by Crippen LogP contribution is 2.61. The number of nitrogens with one attached hydrogen (secondary N) is 1. The molecule has 2 rings (SSSR count). The average Bonchev–Trinajstić information content (AvgIpc) is 3.01. The third-order valence-corrected chi connectivity index (χ3v) is 3.63. The molecule has 0 unspecified atom stereocenters. The molecule has 5 nitrogen and oxygen atoms in total. The van der Waals surface area contributed by atoms with Gasteiger partial charge < -0.3 is 15.5 Å². The van der Waals surface area contributed by atoms with E-state index in [0.717, 1.165) is 25.7 Å². The van der Waals surface area contributed by atoms with Gasteiger partial charge in [-0.3, -0.25) is 4.79 Å². The van der Waals surface area contributed by atoms with Crippen molar-refractivity contribution in [3.8, 4) is 0 Å². The summed E-state index contributed by atoms with van der Waals surface area (Å²) in [6.07, 6.45) is 2.78. The van der Waals surface area contributed by atoms with Gasteiger partial charge in [-0.05, 0) is 38.5 Å². The number of carbonyl (C=O) groups is 2. The summed E-state index contributed by atoms with van der Waals surface area (Å²) in [5, 5.41) is 20.6. The molecule has 0 saturated heterocycles. The number of rotatable bonds is 5. The van der Waals surface area contributed by atoms with Gasteiger partial charge in [0.1, 0.15) is 0 Å². The fourth-order valence-corrected chi connectivity index (χ4v) is 2.26. The highest BCUT2D eigenvalue weighted by atomic mass is 16.4. The van der Waals surface area contributed by atoms with Gasteiger partial charge in [-0.1, -0.05) is 0 Å². The number of hydrogen-bond donors (Lipinski definition) is 3. The Morgan fingerprint density at radius 2 is 1.94 bits per heavy atom. The maximum absolute atomic E-state index is 11.9. The summed E-state index contributed by atoms with van der Waals surface area (Å²) in [6.45, 7) is 1.37. The molecule has 90 valence electrons. The monoisotopic (exact) mass is 227 g/mol. The van der Waals surface area contributed by atoms with Gasteiger partial charge in [-0.2, -0.15) is 0 Å². The van der Waals surface area contributed by atoms with Crippen LogP contribution in [-0.2, 0) is 9.59 Å². The van der Waals surface area contributed by atoms with Crippen molar-refractivity contribution in [2.24, 2.45) is 11.3 Å². The molecule has 5 heteroatoms. The van der Waals surface area contributed by atoms with Crippen LogP contribution in [0.2, 0.25) is 0 Å². The van der Waals surface area contributed by atoms with Crippen molar-refractivity contribution in [2.45, 2.75) is 44.8 Å². The molecule has 2 atom stereocenters. The first-order valence-electron chi connectivity index (χ1n) is 5.69. The smallest absolute Gasteiger partial charge is 0.328 e. The number of aliphatic carboxylic acids is 1. The number of amides is 1. The molecular formula is C11H17NO4. The lowest BCUT2D eigenvalue weighted by Crippen LogP contribution is -2.50. The molecule has 2 fully saturated rings. The average molecular weight is 227 g/mol. The Balaban J connectivity index is 1.98. The molecule has 0 bridgehead atoms. The molecular weight excluding hydrogens is 210 g/mol. The zero-order chi connectivity index (χ0) is 11.9. The van der Waals surface area contributed by atoms with Crippen LogP contribution in [0.15, 0.2) is 0 Å². The Morgan fingerprint density at radius 1 is 1.38 bits per heavy atom. The maximum Gasteiger partial charge on any atom is 0.328 e. The van der Waals surface area contributed by atoms with E-state index in [2.05, 4.69) is 5.32 Å². The standard InChI is InChI=1S/C11H17NO4/c1-6(13)8(9(14)15)12-10(16)11(4-5-11)7-2-3-7/h6-8,13H,2-5H2,1H3,(H,12,16)(H,14,15)/t6-,8+/m1/s1. The first-order valence-corrected chi connectivity index (χ1v) is 5.69. The molecule has 2 saturated carbocycles. The van der Waals surface area contributed by atoms with Gasteiger partial charge in [0.05, 0.1) is 11.5 Å². The van der Waals surface area contributed by atoms with Gasteiger partial charge in [0.15, 0.2) is 6.04 Å². The second kappa shape index (κ2) is 3.73. The molecule has 0 aromatic carbocycles. The summed E-state index contributed by atoms with van der Waals surface area (Å²) in [5.74, 6) is -0.936. The molecule has 0 heterocycles. The lowest BCUT2D eigenvalue weighted by Gasteiger charge is -2.21. The van der Waals surface area contributed by atoms with Crippen LogP contribution in [0.5, 0.6) is 0 Å². The molecule has 0 aromatic heterocycles. The van der Waals surface area contributed by atoms with E-state index in [1.807, 2.05) is 0 Å². The summed E-state index contributed by atoms with van der Waals surface area (Å²) in [6, 6.07) is -1.19. The van der Waals surface area contributed by atoms with Crippen LogP contribution in [0, 0.1) is 11.3 Å². The van der Waals surface area contributed by atoms with Crippen molar-refractivity contribution in [3.63, 3.8) is 0 Å². The van der Waals surface area contributed by atoms with Gasteiger partial charge in [-0.25, -0.2) is 4.79 Å². The van der Waals surface area contributed by atoms with Crippen molar-refractivity contribution in [3.05, 3.63) is 0 Å². The molecule has 16 heavy (non-hydrogen) atoms. The Hall–Kier alpha value is -1.10. The van der Waals surface area contributed by atoms with Crippen molar-refractivity contribution < 1.29 is 19.8 Å². The zero-order valence-corrected chi connectivity index (χ0v) is 9.27. The number of aliphatic hydroxyl groups is 1. The topological polar surface area (TPSA) is 86.6 Å². The SMILES string of the molecule is C[C@@H](O)[C@H](NC(=O)C1(C2CC2)CC1)C(=O)O. The van der Waals surface area contributed by atoms with Gasteiger partial charge in [0, 0.05) is 0 Å². The molecule has 0 aromatic rings. The van der Waals surface area contributed by atoms with E-state index in [0.29, 0.717) is 5.92 Å². The van der Waals surface area contributed by atoms with E-state index in [1.54, 1.807) is 0 Å². The number of aliphatic hydroxyl groups excluding tert-OH is 1. The van der Waals surface area contributed by atoms with Crippen LogP contribution in [-0.4, -0.2) is 34.2 Å². The van der Waals surface area contributed by atoms with Crippen LogP contribution in [0.1, 0.15) is 32.6 Å². The van der Waals surface area contributed by atoms with E-state index in [1.165, 1.54) is 6.92 Å². The summed E-state index contributed by atoms with van der Waals surface area (Å²) in [5.41, 5.74) is -0.303. The van der Waals surface area contributed by atoms with Crippen LogP contribution in [0.4, 0.5) is 0 Å². The summed E-state index contributed by atoms with van der Waals surface area (Å²) >= 11 is 0. The minimum Gasteiger partial charge on any atom is -0.480 e. The van der Waals surface area contributed by atoms with Gasteiger partial charge >= 0.3 is 5.97 Å². The first-order chi connectivity index (χ1) is 7.47. The fraction of sp³-hybridized carbons (Fsp3) is 0.818. The van der Waals surface area contributed by atoms with Gasteiger partial charge in [0.2, 0.25) is 5.91 Å². The molecule has 2 aliphatic rings. The highest BCUT2D eigenvalue weighted by molar-refractivity contribution is 5.90. The minimum atomic E-state index is -1.19. The van der Waals surface area contributed by atoms with Crippen molar-refractivity contribution in [1.82, 2.24) is 5.32 Å². The predicted molar refractivity (Wildman–Crippen MR) is 55.6 cm³/mol. The quantitative estimate of drug-likeness (QED) is 0.623. The largest absolute Gasteiger partial charge is 0.480 e. The van der Waals surface area contributed by atoms with E-state index in [4.69, 9.17) is 5.11 Å². The van der Waals surface area contributed by atoms with E-state index < -0.39 is 18.1 Å². The summed E-state index contributed by atoms with van der Waals surface area (Å²) in [7, 11) is 0. The van der Waals surface area contributed by atoms with Gasteiger partial charge in [-0.15, -0.1) is 0 Å². The van der Waals surface area contributed by atoms with E-state index in [9.17, 15) is 14.7 Å². The molecule has 0 radical (unpaired) electrons. The number of hydrogen-bond acceptors (Lipinski definition) is 3. The summed E-state index contributed by atoms with van der Waals surface area (Å²) in [4.78, 5) is 22.8. The zero-order valence-electron chi connectivity index (χ0n) is 9.27. The molecule has 2 aliphatic carbocycles. The Morgan fingerprint density at radius 3 is 2.25 bits per heavy atom. The third kappa shape index (κ3) is 1.91. The maximum atomic E-state index is 11.9. The van der Waals surface area contributed by atoms with E-state index >= 15 is 0 Å². The second-order valence-corrected chi connectivity index (χ2v) is 4.96. The van der Waals surface area contributed by atoms with E-state index in [-0.39, 0.29) is 11.3 Å². The van der Waals surface area contributed by atoms with Crippen LogP contribution in [0.3, 0.4) is 0 Å². The Labute approximate surface area is 93.8 Å². The van der Waals surface area contributed by atoms with Crippen LogP contribution in [0.25, 0.3) is 0 Å². The molecule has 0 aliphatic heterocycles.